The molecule has 2 N–H and O–H groups in total. The molecule has 3 heteroatoms. The van der Waals surface area contributed by atoms with Crippen molar-refractivity contribution in [2.75, 3.05) is 0 Å². The van der Waals surface area contributed by atoms with Crippen molar-refractivity contribution in [2.24, 2.45) is 5.73 Å². The van der Waals surface area contributed by atoms with Gasteiger partial charge in [0, 0.05) is 16.8 Å². The molecule has 0 radical (unpaired) electrons. The molecule has 0 aromatic carbocycles. The molecule has 0 aliphatic rings. The van der Waals surface area contributed by atoms with Crippen molar-refractivity contribution in [3.63, 3.8) is 0 Å². The van der Waals surface area contributed by atoms with Gasteiger partial charge in [-0.2, -0.15) is 0 Å². The molecule has 13 heavy (non-hydrogen) atoms. The monoisotopic (exact) mass is 198 g/mol. The van der Waals surface area contributed by atoms with Crippen LogP contribution < -0.4 is 5.73 Å². The van der Waals surface area contributed by atoms with E-state index < -0.39 is 0 Å². The van der Waals surface area contributed by atoms with E-state index in [1.807, 2.05) is 6.92 Å². The predicted molar refractivity (Wildman–Crippen MR) is 58.2 cm³/mol. The van der Waals surface area contributed by atoms with Crippen molar-refractivity contribution in [3.8, 4) is 0 Å². The van der Waals surface area contributed by atoms with E-state index in [-0.39, 0.29) is 6.04 Å². The van der Waals surface area contributed by atoms with Gasteiger partial charge in [0.1, 0.15) is 0 Å². The molecule has 0 amide bonds. The van der Waals surface area contributed by atoms with Crippen LogP contribution in [0.15, 0.2) is 0 Å². The third-order valence-electron chi connectivity index (χ3n) is 1.99. The first-order valence-corrected chi connectivity index (χ1v) is 5.63. The summed E-state index contributed by atoms with van der Waals surface area (Å²) in [6.07, 6.45) is 0.986. The SMILES string of the molecule is CCc1nc(C(C)C)sc1C(C)N. The third-order valence-corrected chi connectivity index (χ3v) is 3.59. The number of hydrogen-bond donors (Lipinski definition) is 1. The van der Waals surface area contributed by atoms with Crippen LogP contribution in [0.5, 0.6) is 0 Å². The Morgan fingerprint density at radius 1 is 1.38 bits per heavy atom. The van der Waals surface area contributed by atoms with Gasteiger partial charge in [-0.05, 0) is 13.3 Å². The van der Waals surface area contributed by atoms with Crippen LogP contribution in [0.2, 0.25) is 0 Å². The number of nitrogens with two attached hydrogens (primary N) is 1. The minimum atomic E-state index is 0.125. The van der Waals surface area contributed by atoms with Crippen LogP contribution in [-0.4, -0.2) is 4.98 Å². The molecule has 0 aliphatic carbocycles. The molecule has 0 bridgehead atoms. The molecule has 2 nitrogen and oxygen atoms in total. The first kappa shape index (κ1) is 10.7. The van der Waals surface area contributed by atoms with E-state index >= 15 is 0 Å². The highest BCUT2D eigenvalue weighted by Gasteiger charge is 2.14. The molecule has 74 valence electrons. The summed E-state index contributed by atoms with van der Waals surface area (Å²) < 4.78 is 0. The van der Waals surface area contributed by atoms with Gasteiger partial charge in [-0.15, -0.1) is 11.3 Å². The fraction of sp³-hybridized carbons (Fsp3) is 0.700. The van der Waals surface area contributed by atoms with Gasteiger partial charge in [-0.25, -0.2) is 4.98 Å². The Balaban J connectivity index is 3.04. The number of hydrogen-bond acceptors (Lipinski definition) is 3. The van der Waals surface area contributed by atoms with Gasteiger partial charge in [0.25, 0.3) is 0 Å². The molecule has 0 spiro atoms. The van der Waals surface area contributed by atoms with Crippen molar-refractivity contribution < 1.29 is 0 Å². The lowest BCUT2D eigenvalue weighted by Gasteiger charge is -2.01. The van der Waals surface area contributed by atoms with Gasteiger partial charge in [-0.1, -0.05) is 20.8 Å². The van der Waals surface area contributed by atoms with Crippen molar-refractivity contribution in [1.29, 1.82) is 0 Å². The summed E-state index contributed by atoms with van der Waals surface area (Å²) in [5, 5.41) is 1.21. The van der Waals surface area contributed by atoms with E-state index in [0.29, 0.717) is 5.92 Å². The van der Waals surface area contributed by atoms with E-state index in [1.54, 1.807) is 11.3 Å². The van der Waals surface area contributed by atoms with Crippen molar-refractivity contribution in [3.05, 3.63) is 15.6 Å². The Hall–Kier alpha value is -0.410. The Morgan fingerprint density at radius 2 is 2.00 bits per heavy atom. The molecule has 0 fully saturated rings. The average Bonchev–Trinajstić information content (AvgIpc) is 2.47. The molecule has 1 aromatic heterocycles. The molecule has 1 rings (SSSR count). The second kappa shape index (κ2) is 4.20. The first-order chi connectivity index (χ1) is 6.06. The molecular formula is C10H18N2S. The summed E-state index contributed by atoms with van der Waals surface area (Å²) in [4.78, 5) is 5.84. The number of aromatic nitrogens is 1. The standard InChI is InChI=1S/C10H18N2S/c1-5-8-9(7(4)11)13-10(12-8)6(2)3/h6-7H,5,11H2,1-4H3. The lowest BCUT2D eigenvalue weighted by molar-refractivity contribution is 0.803. The average molecular weight is 198 g/mol. The van der Waals surface area contributed by atoms with Gasteiger partial charge >= 0.3 is 0 Å². The van der Waals surface area contributed by atoms with Crippen LogP contribution in [0.1, 0.15) is 55.2 Å². The lowest BCUT2D eigenvalue weighted by Crippen LogP contribution is -2.05. The van der Waals surface area contributed by atoms with Crippen LogP contribution in [0.3, 0.4) is 0 Å². The van der Waals surface area contributed by atoms with Crippen LogP contribution in [0, 0.1) is 0 Å². The predicted octanol–water partition coefficient (Wildman–Crippen LogP) is 2.85. The highest BCUT2D eigenvalue weighted by Crippen LogP contribution is 2.28. The van der Waals surface area contributed by atoms with Gasteiger partial charge in [0.2, 0.25) is 0 Å². The van der Waals surface area contributed by atoms with E-state index in [9.17, 15) is 0 Å². The molecule has 0 saturated carbocycles. The van der Waals surface area contributed by atoms with E-state index in [0.717, 1.165) is 6.42 Å². The molecule has 1 unspecified atom stereocenters. The van der Waals surface area contributed by atoms with Crippen LogP contribution >= 0.6 is 11.3 Å². The highest BCUT2D eigenvalue weighted by molar-refractivity contribution is 7.11. The summed E-state index contributed by atoms with van der Waals surface area (Å²) in [6.45, 7) is 8.49. The minimum Gasteiger partial charge on any atom is -0.323 e. The van der Waals surface area contributed by atoms with Crippen molar-refractivity contribution in [1.82, 2.24) is 4.98 Å². The van der Waals surface area contributed by atoms with Gasteiger partial charge < -0.3 is 5.73 Å². The van der Waals surface area contributed by atoms with E-state index in [1.165, 1.54) is 15.6 Å². The number of nitrogens with zero attached hydrogens (tertiary/aromatic N) is 1. The smallest absolute Gasteiger partial charge is 0.0957 e. The molecule has 1 heterocycles. The normalized spacial score (nSPS) is 13.7. The number of aryl methyl sites for hydroxylation is 1. The molecule has 0 saturated heterocycles. The summed E-state index contributed by atoms with van der Waals surface area (Å²) in [5.41, 5.74) is 7.06. The topological polar surface area (TPSA) is 38.9 Å². The summed E-state index contributed by atoms with van der Waals surface area (Å²) in [5.74, 6) is 0.516. The quantitative estimate of drug-likeness (QED) is 0.811. The maximum absolute atomic E-state index is 5.87. The second-order valence-electron chi connectivity index (χ2n) is 3.66. The van der Waals surface area contributed by atoms with Gasteiger partial charge in [0.05, 0.1) is 10.7 Å². The molecule has 1 aromatic rings. The van der Waals surface area contributed by atoms with Crippen molar-refractivity contribution in [2.45, 2.75) is 46.1 Å². The zero-order valence-electron chi connectivity index (χ0n) is 8.79. The maximum Gasteiger partial charge on any atom is 0.0957 e. The van der Waals surface area contributed by atoms with Crippen molar-refractivity contribution >= 4 is 11.3 Å². The maximum atomic E-state index is 5.87. The zero-order valence-corrected chi connectivity index (χ0v) is 9.61. The Morgan fingerprint density at radius 3 is 2.31 bits per heavy atom. The fourth-order valence-electron chi connectivity index (χ4n) is 1.24. The number of rotatable bonds is 3. The van der Waals surface area contributed by atoms with Crippen LogP contribution in [0.25, 0.3) is 0 Å². The summed E-state index contributed by atoms with van der Waals surface area (Å²) in [6, 6.07) is 0.125. The minimum absolute atomic E-state index is 0.125. The first-order valence-electron chi connectivity index (χ1n) is 4.81. The molecule has 1 atom stereocenters. The zero-order chi connectivity index (χ0) is 10.0. The molecular weight excluding hydrogens is 180 g/mol. The third kappa shape index (κ3) is 2.29. The largest absolute Gasteiger partial charge is 0.323 e. The summed E-state index contributed by atoms with van der Waals surface area (Å²) >= 11 is 1.76. The van der Waals surface area contributed by atoms with Crippen LogP contribution in [0.4, 0.5) is 0 Å². The van der Waals surface area contributed by atoms with Crippen LogP contribution in [-0.2, 0) is 6.42 Å². The summed E-state index contributed by atoms with van der Waals surface area (Å²) in [7, 11) is 0. The fourth-order valence-corrected chi connectivity index (χ4v) is 2.35. The van der Waals surface area contributed by atoms with E-state index in [2.05, 4.69) is 25.8 Å². The van der Waals surface area contributed by atoms with Gasteiger partial charge in [-0.3, -0.25) is 0 Å². The highest BCUT2D eigenvalue weighted by atomic mass is 32.1. The Labute approximate surface area is 84.2 Å². The van der Waals surface area contributed by atoms with E-state index in [4.69, 9.17) is 5.73 Å². The number of thiazole rings is 1. The Bertz CT molecular complexity index is 276. The molecule has 0 aliphatic heterocycles. The lowest BCUT2D eigenvalue weighted by atomic mass is 10.2. The Kier molecular flexibility index (Phi) is 3.45. The second-order valence-corrected chi connectivity index (χ2v) is 4.72. The van der Waals surface area contributed by atoms with Gasteiger partial charge in [0.15, 0.2) is 0 Å².